The molecule has 0 bridgehead atoms. The van der Waals surface area contributed by atoms with Crippen LogP contribution >= 0.6 is 0 Å². The molecular formula is C12H18N2O2. The Hall–Kier alpha value is -1.29. The van der Waals surface area contributed by atoms with Crippen LogP contribution < -0.4 is 0 Å². The normalized spacial score (nSPS) is 25.2. The van der Waals surface area contributed by atoms with E-state index < -0.39 is 5.97 Å². The summed E-state index contributed by atoms with van der Waals surface area (Å²) < 4.78 is 2.05. The molecule has 1 aromatic heterocycles. The molecule has 1 N–H and O–H groups in total. The molecule has 0 saturated heterocycles. The predicted octanol–water partition coefficient (Wildman–Crippen LogP) is 1.84. The Morgan fingerprint density at radius 1 is 1.50 bits per heavy atom. The summed E-state index contributed by atoms with van der Waals surface area (Å²) in [5.41, 5.74) is 0.383. The maximum absolute atomic E-state index is 10.8. The van der Waals surface area contributed by atoms with Crippen molar-refractivity contribution in [3.63, 3.8) is 0 Å². The number of hydrogen-bond donors (Lipinski definition) is 1. The zero-order valence-electron chi connectivity index (χ0n) is 9.76. The van der Waals surface area contributed by atoms with Gasteiger partial charge < -0.3 is 14.6 Å². The van der Waals surface area contributed by atoms with Gasteiger partial charge in [-0.3, -0.25) is 0 Å². The molecule has 1 aromatic rings. The number of rotatable bonds is 3. The van der Waals surface area contributed by atoms with Crippen LogP contribution in [-0.2, 0) is 0 Å². The molecule has 0 aliphatic heterocycles. The van der Waals surface area contributed by atoms with E-state index in [1.54, 1.807) is 12.3 Å². The zero-order valence-corrected chi connectivity index (χ0v) is 9.76. The van der Waals surface area contributed by atoms with Gasteiger partial charge in [0.2, 0.25) is 0 Å². The molecule has 0 spiro atoms. The van der Waals surface area contributed by atoms with Crippen LogP contribution in [0.3, 0.4) is 0 Å². The van der Waals surface area contributed by atoms with E-state index in [2.05, 4.69) is 19.0 Å². The van der Waals surface area contributed by atoms with Crippen molar-refractivity contribution in [1.82, 2.24) is 9.47 Å². The maximum Gasteiger partial charge on any atom is 0.337 e. The predicted molar refractivity (Wildman–Crippen MR) is 61.8 cm³/mol. The third-order valence-corrected chi connectivity index (χ3v) is 3.49. The van der Waals surface area contributed by atoms with Crippen LogP contribution in [0.15, 0.2) is 18.5 Å². The van der Waals surface area contributed by atoms with Gasteiger partial charge in [-0.05, 0) is 39.4 Å². The van der Waals surface area contributed by atoms with Crippen molar-refractivity contribution < 1.29 is 9.90 Å². The molecule has 0 radical (unpaired) electrons. The molecule has 16 heavy (non-hydrogen) atoms. The zero-order chi connectivity index (χ0) is 11.7. The highest BCUT2D eigenvalue weighted by Gasteiger charge is 2.27. The van der Waals surface area contributed by atoms with Gasteiger partial charge in [0.1, 0.15) is 0 Å². The summed E-state index contributed by atoms with van der Waals surface area (Å²) in [6.07, 6.45) is 7.06. The second kappa shape index (κ2) is 4.29. The van der Waals surface area contributed by atoms with Gasteiger partial charge in [0.05, 0.1) is 5.56 Å². The Kier molecular flexibility index (Phi) is 3.01. The molecule has 0 aromatic carbocycles. The molecule has 2 atom stereocenters. The van der Waals surface area contributed by atoms with Gasteiger partial charge in [-0.15, -0.1) is 0 Å². The molecule has 4 heteroatoms. The van der Waals surface area contributed by atoms with Gasteiger partial charge in [0, 0.05) is 24.5 Å². The molecule has 2 unspecified atom stereocenters. The quantitative estimate of drug-likeness (QED) is 0.848. The standard InChI is InChI=1S/C12H18N2O2/c1-13(2)10-3-4-11(7-10)14-6-5-9(8-14)12(15)16/h5-6,8,10-11H,3-4,7H2,1-2H3,(H,15,16). The third-order valence-electron chi connectivity index (χ3n) is 3.49. The Labute approximate surface area is 95.5 Å². The van der Waals surface area contributed by atoms with Crippen LogP contribution in [0.4, 0.5) is 0 Å². The number of nitrogens with zero attached hydrogens (tertiary/aromatic N) is 2. The molecule has 88 valence electrons. The van der Waals surface area contributed by atoms with E-state index in [0.717, 1.165) is 12.8 Å². The summed E-state index contributed by atoms with van der Waals surface area (Å²) in [5, 5.41) is 8.86. The molecule has 0 amide bonds. The maximum atomic E-state index is 10.8. The highest BCUT2D eigenvalue weighted by atomic mass is 16.4. The Morgan fingerprint density at radius 3 is 2.75 bits per heavy atom. The summed E-state index contributed by atoms with van der Waals surface area (Å²) in [4.78, 5) is 13.0. The minimum Gasteiger partial charge on any atom is -0.478 e. The smallest absolute Gasteiger partial charge is 0.337 e. The largest absolute Gasteiger partial charge is 0.478 e. The summed E-state index contributed by atoms with van der Waals surface area (Å²) in [7, 11) is 4.21. The Bertz CT molecular complexity index is 384. The molecule has 1 fully saturated rings. The molecule has 4 nitrogen and oxygen atoms in total. The van der Waals surface area contributed by atoms with Crippen LogP contribution in [-0.4, -0.2) is 40.7 Å². The van der Waals surface area contributed by atoms with Gasteiger partial charge >= 0.3 is 5.97 Å². The number of carbonyl (C=O) groups is 1. The fourth-order valence-corrected chi connectivity index (χ4v) is 2.44. The number of carboxylic acids is 1. The summed E-state index contributed by atoms with van der Waals surface area (Å²) in [6, 6.07) is 2.76. The first-order chi connectivity index (χ1) is 7.58. The topological polar surface area (TPSA) is 45.5 Å². The van der Waals surface area contributed by atoms with Crippen LogP contribution in [0.5, 0.6) is 0 Å². The lowest BCUT2D eigenvalue weighted by Gasteiger charge is -2.19. The van der Waals surface area contributed by atoms with E-state index in [1.165, 1.54) is 6.42 Å². The van der Waals surface area contributed by atoms with Crippen molar-refractivity contribution in [2.45, 2.75) is 31.3 Å². The van der Waals surface area contributed by atoms with Crippen molar-refractivity contribution in [3.8, 4) is 0 Å². The second-order valence-electron chi connectivity index (χ2n) is 4.74. The summed E-state index contributed by atoms with van der Waals surface area (Å²) in [5.74, 6) is -0.846. The number of aromatic carboxylic acids is 1. The van der Waals surface area contributed by atoms with Crippen molar-refractivity contribution in [2.24, 2.45) is 0 Å². The van der Waals surface area contributed by atoms with E-state index in [-0.39, 0.29) is 0 Å². The van der Waals surface area contributed by atoms with Crippen LogP contribution in [0.25, 0.3) is 0 Å². The van der Waals surface area contributed by atoms with Crippen LogP contribution in [0, 0.1) is 0 Å². The average molecular weight is 222 g/mol. The third kappa shape index (κ3) is 2.11. The molecule has 1 aliphatic rings. The fraction of sp³-hybridized carbons (Fsp3) is 0.583. The average Bonchev–Trinajstić information content (AvgIpc) is 2.86. The lowest BCUT2D eigenvalue weighted by molar-refractivity contribution is 0.0697. The Morgan fingerprint density at radius 2 is 2.25 bits per heavy atom. The molecule has 2 rings (SSSR count). The van der Waals surface area contributed by atoms with Crippen molar-refractivity contribution >= 4 is 5.97 Å². The highest BCUT2D eigenvalue weighted by Crippen LogP contribution is 2.32. The fourth-order valence-electron chi connectivity index (χ4n) is 2.44. The van der Waals surface area contributed by atoms with Crippen LogP contribution in [0.1, 0.15) is 35.7 Å². The first-order valence-corrected chi connectivity index (χ1v) is 5.65. The van der Waals surface area contributed by atoms with Gasteiger partial charge in [0.15, 0.2) is 0 Å². The molecular weight excluding hydrogens is 204 g/mol. The number of carboxylic acid groups (broad SMARTS) is 1. The first kappa shape index (κ1) is 11.2. The van der Waals surface area contributed by atoms with E-state index in [1.807, 2.05) is 10.8 Å². The van der Waals surface area contributed by atoms with Crippen molar-refractivity contribution in [2.75, 3.05) is 14.1 Å². The highest BCUT2D eigenvalue weighted by molar-refractivity contribution is 5.87. The van der Waals surface area contributed by atoms with E-state index >= 15 is 0 Å². The summed E-state index contributed by atoms with van der Waals surface area (Å²) in [6.45, 7) is 0. The lowest BCUT2D eigenvalue weighted by Crippen LogP contribution is -2.25. The number of hydrogen-bond acceptors (Lipinski definition) is 2. The van der Waals surface area contributed by atoms with Gasteiger partial charge in [-0.25, -0.2) is 4.79 Å². The monoisotopic (exact) mass is 222 g/mol. The minimum absolute atomic E-state index is 0.383. The SMILES string of the molecule is CN(C)C1CCC(n2ccc(C(=O)O)c2)C1. The number of aromatic nitrogens is 1. The van der Waals surface area contributed by atoms with Gasteiger partial charge in [-0.1, -0.05) is 0 Å². The van der Waals surface area contributed by atoms with E-state index in [9.17, 15) is 4.79 Å². The first-order valence-electron chi connectivity index (χ1n) is 5.65. The molecule has 1 heterocycles. The van der Waals surface area contributed by atoms with Crippen LogP contribution in [0.2, 0.25) is 0 Å². The minimum atomic E-state index is -0.846. The van der Waals surface area contributed by atoms with Gasteiger partial charge in [0.25, 0.3) is 0 Å². The molecule has 1 saturated carbocycles. The second-order valence-corrected chi connectivity index (χ2v) is 4.74. The Balaban J connectivity index is 2.06. The van der Waals surface area contributed by atoms with E-state index in [4.69, 9.17) is 5.11 Å². The lowest BCUT2D eigenvalue weighted by atomic mass is 10.2. The van der Waals surface area contributed by atoms with Crippen molar-refractivity contribution in [1.29, 1.82) is 0 Å². The van der Waals surface area contributed by atoms with Crippen molar-refractivity contribution in [3.05, 3.63) is 24.0 Å². The van der Waals surface area contributed by atoms with Gasteiger partial charge in [-0.2, -0.15) is 0 Å². The molecule has 1 aliphatic carbocycles. The van der Waals surface area contributed by atoms with E-state index in [0.29, 0.717) is 17.6 Å². The summed E-state index contributed by atoms with van der Waals surface area (Å²) >= 11 is 0.